The molecule has 0 radical (unpaired) electrons. The minimum Gasteiger partial charge on any atom is -0.377 e. The zero-order chi connectivity index (χ0) is 29.8. The van der Waals surface area contributed by atoms with E-state index in [4.69, 9.17) is 25.8 Å². The number of hydrogen-bond donors (Lipinski definition) is 1. The zero-order valence-corrected chi connectivity index (χ0v) is 24.6. The number of fused-ring (bicyclic) bond motifs is 2. The largest absolute Gasteiger partial charge is 0.377 e. The molecule has 9 nitrogen and oxygen atoms in total. The van der Waals surface area contributed by atoms with Crippen LogP contribution in [-0.2, 0) is 25.4 Å². The van der Waals surface area contributed by atoms with Gasteiger partial charge in [-0.15, -0.1) is 0 Å². The van der Waals surface area contributed by atoms with Gasteiger partial charge in [-0.3, -0.25) is 14.6 Å². The van der Waals surface area contributed by atoms with Gasteiger partial charge in [0.1, 0.15) is 18.0 Å². The van der Waals surface area contributed by atoms with E-state index in [0.29, 0.717) is 55.4 Å². The number of halogens is 2. The number of ether oxygens (including phenoxy) is 3. The molecule has 1 aromatic heterocycles. The van der Waals surface area contributed by atoms with Crippen LogP contribution < -0.4 is 5.32 Å². The van der Waals surface area contributed by atoms with E-state index in [-0.39, 0.29) is 35.5 Å². The van der Waals surface area contributed by atoms with Gasteiger partial charge in [-0.25, -0.2) is 14.4 Å². The van der Waals surface area contributed by atoms with Crippen molar-refractivity contribution in [3.8, 4) is 11.8 Å². The van der Waals surface area contributed by atoms with Crippen LogP contribution in [0.2, 0.25) is 5.02 Å². The summed E-state index contributed by atoms with van der Waals surface area (Å²) >= 11 is 5.99. The molecule has 6 rings (SSSR count). The van der Waals surface area contributed by atoms with Crippen molar-refractivity contribution in [1.82, 2.24) is 19.8 Å². The number of benzene rings is 2. The molecule has 0 spiro atoms. The van der Waals surface area contributed by atoms with Crippen LogP contribution >= 0.6 is 11.6 Å². The third-order valence-corrected chi connectivity index (χ3v) is 8.17. The summed E-state index contributed by atoms with van der Waals surface area (Å²) in [5, 5.41) is 3.91. The quantitative estimate of drug-likeness (QED) is 0.320. The lowest BCUT2D eigenvalue weighted by atomic mass is 9.99. The minimum atomic E-state index is -0.504. The van der Waals surface area contributed by atoms with Crippen molar-refractivity contribution in [3.63, 3.8) is 0 Å². The highest BCUT2D eigenvalue weighted by Crippen LogP contribution is 2.28. The van der Waals surface area contributed by atoms with Crippen LogP contribution in [0.25, 0.3) is 10.9 Å². The second kappa shape index (κ2) is 13.5. The molecular weight excluding hydrogens is 573 g/mol. The molecule has 3 aliphatic rings. The van der Waals surface area contributed by atoms with Crippen molar-refractivity contribution in [2.45, 2.75) is 24.7 Å². The number of allylic oxidation sites excluding steroid dienone is 1. The van der Waals surface area contributed by atoms with E-state index in [1.165, 1.54) is 18.5 Å². The number of aromatic nitrogens is 2. The molecule has 3 aromatic rings. The van der Waals surface area contributed by atoms with Gasteiger partial charge < -0.3 is 19.5 Å². The lowest BCUT2D eigenvalue weighted by molar-refractivity contribution is -0.116. The van der Waals surface area contributed by atoms with E-state index in [1.807, 2.05) is 25.3 Å². The first-order valence-electron chi connectivity index (χ1n) is 14.4. The van der Waals surface area contributed by atoms with Crippen molar-refractivity contribution in [2.24, 2.45) is 0 Å². The number of likely N-dealkylation sites (N-methyl/N-ethyl adjacent to an activating group) is 1. The van der Waals surface area contributed by atoms with E-state index in [1.54, 1.807) is 12.1 Å². The Morgan fingerprint density at radius 2 is 1.98 bits per heavy atom. The Hall–Kier alpha value is -3.43. The number of likely N-dealkylation sites (tertiary alicyclic amines) is 1. The molecule has 224 valence electrons. The molecule has 3 atom stereocenters. The number of morpholine rings is 1. The molecule has 3 unspecified atom stereocenters. The first-order chi connectivity index (χ1) is 20.9. The van der Waals surface area contributed by atoms with Crippen molar-refractivity contribution < 1.29 is 23.4 Å². The van der Waals surface area contributed by atoms with Crippen LogP contribution in [0.1, 0.15) is 11.1 Å². The predicted molar refractivity (Wildman–Crippen MR) is 162 cm³/mol. The van der Waals surface area contributed by atoms with Gasteiger partial charge >= 0.3 is 0 Å². The minimum absolute atomic E-state index is 0.00315. The lowest BCUT2D eigenvalue weighted by Crippen LogP contribution is -2.41. The number of anilines is 2. The fourth-order valence-corrected chi connectivity index (χ4v) is 5.67. The van der Waals surface area contributed by atoms with Crippen LogP contribution in [0, 0.1) is 17.7 Å². The summed E-state index contributed by atoms with van der Waals surface area (Å²) < 4.78 is 30.9. The van der Waals surface area contributed by atoms with Gasteiger partial charge in [0.15, 0.2) is 5.78 Å². The average Bonchev–Trinajstić information content (AvgIpc) is 3.42. The number of carbonyl (C=O) groups excluding carboxylic acids is 1. The Balaban J connectivity index is 1.25. The van der Waals surface area contributed by atoms with Gasteiger partial charge in [-0.05, 0) is 49.0 Å². The molecule has 0 amide bonds. The van der Waals surface area contributed by atoms with Crippen LogP contribution in [-0.4, -0.2) is 103 Å². The molecule has 0 bridgehead atoms. The second-order valence-electron chi connectivity index (χ2n) is 10.9. The number of ketones is 1. The summed E-state index contributed by atoms with van der Waals surface area (Å²) in [5.41, 5.74) is 2.72. The van der Waals surface area contributed by atoms with Crippen LogP contribution in [0.4, 0.5) is 15.9 Å². The summed E-state index contributed by atoms with van der Waals surface area (Å²) in [6, 6.07) is 8.11. The normalized spacial score (nSPS) is 22.8. The molecular formula is C32H33ClFN5O4. The third-order valence-electron chi connectivity index (χ3n) is 7.88. The highest BCUT2D eigenvalue weighted by Gasteiger charge is 2.35. The van der Waals surface area contributed by atoms with Gasteiger partial charge in [0, 0.05) is 49.2 Å². The van der Waals surface area contributed by atoms with Crippen molar-refractivity contribution in [1.29, 1.82) is 0 Å². The fraction of sp³-hybridized carbons (Fsp3) is 0.406. The molecule has 3 saturated heterocycles. The summed E-state index contributed by atoms with van der Waals surface area (Å²) in [6.45, 7) is 5.50. The average molecular weight is 606 g/mol. The number of rotatable bonds is 7. The number of carbonyl (C=O) groups is 1. The molecule has 11 heteroatoms. The molecule has 0 saturated carbocycles. The van der Waals surface area contributed by atoms with Gasteiger partial charge in [0.05, 0.1) is 55.2 Å². The fourth-order valence-electron chi connectivity index (χ4n) is 5.49. The summed E-state index contributed by atoms with van der Waals surface area (Å²) in [5.74, 6) is 6.58. The van der Waals surface area contributed by atoms with Crippen LogP contribution in [0.15, 0.2) is 48.8 Å². The van der Waals surface area contributed by atoms with Crippen LogP contribution in [0.3, 0.4) is 0 Å². The Labute approximate surface area is 255 Å². The number of nitrogens with zero attached hydrogens (tertiary/aromatic N) is 4. The highest BCUT2D eigenvalue weighted by atomic mass is 35.5. The van der Waals surface area contributed by atoms with E-state index < -0.39 is 5.82 Å². The van der Waals surface area contributed by atoms with Gasteiger partial charge in [-0.1, -0.05) is 29.5 Å². The topological polar surface area (TPSA) is 89.0 Å². The van der Waals surface area contributed by atoms with Gasteiger partial charge in [0.25, 0.3) is 0 Å². The maximum Gasteiger partial charge on any atom is 0.159 e. The Morgan fingerprint density at radius 3 is 2.74 bits per heavy atom. The van der Waals surface area contributed by atoms with Gasteiger partial charge in [0.2, 0.25) is 0 Å². The lowest BCUT2D eigenvalue weighted by Gasteiger charge is -2.28. The molecule has 3 fully saturated rings. The predicted octanol–water partition coefficient (Wildman–Crippen LogP) is 3.62. The van der Waals surface area contributed by atoms with Gasteiger partial charge in [-0.2, -0.15) is 0 Å². The Morgan fingerprint density at radius 1 is 1.16 bits per heavy atom. The third kappa shape index (κ3) is 7.21. The Kier molecular flexibility index (Phi) is 9.28. The number of hydrogen-bond acceptors (Lipinski definition) is 9. The second-order valence-corrected chi connectivity index (χ2v) is 11.3. The van der Waals surface area contributed by atoms with Crippen molar-refractivity contribution >= 4 is 39.8 Å². The molecule has 4 heterocycles. The smallest absolute Gasteiger partial charge is 0.159 e. The van der Waals surface area contributed by atoms with E-state index in [9.17, 15) is 9.18 Å². The first-order valence-corrected chi connectivity index (χ1v) is 14.7. The molecule has 3 aliphatic heterocycles. The molecule has 1 N–H and O–H groups in total. The Bertz CT molecular complexity index is 1580. The monoisotopic (exact) mass is 605 g/mol. The van der Waals surface area contributed by atoms with Crippen molar-refractivity contribution in [2.75, 3.05) is 65.0 Å². The summed E-state index contributed by atoms with van der Waals surface area (Å²) in [4.78, 5) is 26.5. The summed E-state index contributed by atoms with van der Waals surface area (Å²) in [6.07, 6.45) is 5.33. The van der Waals surface area contributed by atoms with E-state index in [0.717, 1.165) is 30.8 Å². The SMILES string of the molecule is CN1CCOCC1C#Cc1cc2ncnc(Nc3ccc(F)c(Cl)c3)c2cc1CC(=O)/C=C/CN1CC2OCCOC2C1. The summed E-state index contributed by atoms with van der Waals surface area (Å²) in [7, 11) is 2.03. The van der Waals surface area contributed by atoms with Crippen molar-refractivity contribution in [3.05, 3.63) is 70.8 Å². The number of nitrogens with one attached hydrogen (secondary N) is 1. The maximum atomic E-state index is 13.7. The van der Waals surface area contributed by atoms with E-state index >= 15 is 0 Å². The highest BCUT2D eigenvalue weighted by molar-refractivity contribution is 6.31. The standard InChI is InChI=1S/C32H33ClFN5O4/c1-38-9-10-41-19-24(38)6-4-21-15-29-26(32(36-20-35-29)37-23-5-7-28(34)27(33)16-23)14-22(21)13-25(40)3-2-8-39-17-30-31(18-39)43-12-11-42-30/h2-3,5,7,14-16,20,24,30-31H,8-13,17-19H2,1H3,(H,35,36,37)/b3-2+. The molecule has 43 heavy (non-hydrogen) atoms. The maximum absolute atomic E-state index is 13.7. The molecule has 2 aromatic carbocycles. The molecule has 0 aliphatic carbocycles. The van der Waals surface area contributed by atoms with Crippen LogP contribution in [0.5, 0.6) is 0 Å². The first kappa shape index (κ1) is 29.6. The zero-order valence-electron chi connectivity index (χ0n) is 23.9. The van der Waals surface area contributed by atoms with E-state index in [2.05, 4.69) is 36.9 Å².